The highest BCUT2D eigenvalue weighted by Gasteiger charge is 2.52. The third-order valence-electron chi connectivity index (χ3n) is 5.42. The third-order valence-corrected chi connectivity index (χ3v) is 5.42. The van der Waals surface area contributed by atoms with Crippen LogP contribution in [-0.4, -0.2) is 51.9 Å². The molecule has 146 valence electrons. The zero-order valence-corrected chi connectivity index (χ0v) is 15.7. The van der Waals surface area contributed by atoms with Crippen molar-refractivity contribution in [1.82, 2.24) is 15.5 Å². The highest BCUT2D eigenvalue weighted by molar-refractivity contribution is 6.09. The molecule has 1 aliphatic carbocycles. The van der Waals surface area contributed by atoms with Crippen LogP contribution in [0.25, 0.3) is 0 Å². The van der Waals surface area contributed by atoms with Crippen LogP contribution >= 0.6 is 0 Å². The molecule has 0 bridgehead atoms. The normalized spacial score (nSPS) is 26.9. The minimum absolute atomic E-state index is 0.0881. The van der Waals surface area contributed by atoms with Crippen LogP contribution in [-0.2, 0) is 14.4 Å². The predicted octanol–water partition coefficient (Wildman–Crippen LogP) is 1.49. The molecular formula is C18H29N3O5. The van der Waals surface area contributed by atoms with Crippen LogP contribution < -0.4 is 10.6 Å². The van der Waals surface area contributed by atoms with E-state index >= 15 is 0 Å². The van der Waals surface area contributed by atoms with Crippen LogP contribution in [0.1, 0.15) is 59.3 Å². The molecule has 1 saturated carbocycles. The Labute approximate surface area is 153 Å². The van der Waals surface area contributed by atoms with Gasteiger partial charge in [-0.1, -0.05) is 27.2 Å². The smallest absolute Gasteiger partial charge is 0.326 e. The fraction of sp³-hybridized carbons (Fsp3) is 0.778. The molecule has 1 atom stereocenters. The van der Waals surface area contributed by atoms with Crippen LogP contribution in [0, 0.1) is 11.8 Å². The molecule has 8 nitrogen and oxygen atoms in total. The number of nitrogens with zero attached hydrogens (tertiary/aromatic N) is 1. The number of aliphatic carboxylic acids is 1. The monoisotopic (exact) mass is 367 g/mol. The Morgan fingerprint density at radius 1 is 1.31 bits per heavy atom. The van der Waals surface area contributed by atoms with Crippen molar-refractivity contribution in [2.24, 2.45) is 11.8 Å². The number of imide groups is 1. The standard InChI is InChI=1S/C18H29N3O5/c1-4-12-5-7-18(8-6-12)16(25)21(17(26)20-18)10-14(22)19-13(15(23)24)9-11(2)3/h11-13H,4-10H2,1-3H3,(H,19,22)(H,20,26)(H,23,24)/t12?,13-,18?/m1/s1. The molecular weight excluding hydrogens is 338 g/mol. The average Bonchev–Trinajstić information content (AvgIpc) is 2.79. The van der Waals surface area contributed by atoms with E-state index in [4.69, 9.17) is 0 Å². The van der Waals surface area contributed by atoms with Crippen molar-refractivity contribution < 1.29 is 24.3 Å². The van der Waals surface area contributed by atoms with Crippen LogP contribution in [0.4, 0.5) is 4.79 Å². The summed E-state index contributed by atoms with van der Waals surface area (Å²) in [6.45, 7) is 5.38. The molecule has 3 N–H and O–H groups in total. The van der Waals surface area contributed by atoms with E-state index in [1.54, 1.807) is 0 Å². The van der Waals surface area contributed by atoms with Crippen molar-refractivity contribution in [2.75, 3.05) is 6.54 Å². The van der Waals surface area contributed by atoms with Gasteiger partial charge in [-0.25, -0.2) is 9.59 Å². The molecule has 0 radical (unpaired) electrons. The van der Waals surface area contributed by atoms with Gasteiger partial charge in [-0.05, 0) is 43.9 Å². The van der Waals surface area contributed by atoms with Crippen molar-refractivity contribution in [3.8, 4) is 0 Å². The lowest BCUT2D eigenvalue weighted by Crippen LogP contribution is -2.50. The van der Waals surface area contributed by atoms with Crippen molar-refractivity contribution in [3.63, 3.8) is 0 Å². The number of carbonyl (C=O) groups excluding carboxylic acids is 3. The number of rotatable bonds is 7. The Hall–Kier alpha value is -2.12. The van der Waals surface area contributed by atoms with E-state index in [9.17, 15) is 24.3 Å². The summed E-state index contributed by atoms with van der Waals surface area (Å²) in [7, 11) is 0. The van der Waals surface area contributed by atoms with Gasteiger partial charge in [0.2, 0.25) is 5.91 Å². The van der Waals surface area contributed by atoms with Gasteiger partial charge in [0.1, 0.15) is 18.1 Å². The zero-order chi connectivity index (χ0) is 19.5. The number of urea groups is 1. The molecule has 0 aromatic rings. The molecule has 1 heterocycles. The second kappa shape index (κ2) is 8.05. The summed E-state index contributed by atoms with van der Waals surface area (Å²) in [6.07, 6.45) is 4.25. The van der Waals surface area contributed by atoms with Crippen LogP contribution in [0.2, 0.25) is 0 Å². The Morgan fingerprint density at radius 2 is 1.92 bits per heavy atom. The minimum Gasteiger partial charge on any atom is -0.480 e. The number of carboxylic acids is 1. The van der Waals surface area contributed by atoms with E-state index in [1.165, 1.54) is 0 Å². The summed E-state index contributed by atoms with van der Waals surface area (Å²) in [5.41, 5.74) is -0.896. The second-order valence-electron chi connectivity index (χ2n) is 7.84. The maximum Gasteiger partial charge on any atom is 0.326 e. The Bertz CT molecular complexity index is 581. The van der Waals surface area contributed by atoms with Crippen LogP contribution in [0.5, 0.6) is 0 Å². The SMILES string of the molecule is CCC1CCC2(CC1)NC(=O)N(CC(=O)N[C@H](CC(C)C)C(=O)O)C2=O. The van der Waals surface area contributed by atoms with E-state index in [0.29, 0.717) is 18.8 Å². The summed E-state index contributed by atoms with van der Waals surface area (Å²) >= 11 is 0. The first-order valence-electron chi connectivity index (χ1n) is 9.34. The number of carbonyl (C=O) groups is 4. The van der Waals surface area contributed by atoms with Crippen molar-refractivity contribution >= 4 is 23.8 Å². The fourth-order valence-corrected chi connectivity index (χ4v) is 3.81. The number of hydrogen-bond donors (Lipinski definition) is 3. The molecule has 26 heavy (non-hydrogen) atoms. The van der Waals surface area contributed by atoms with Gasteiger partial charge in [-0.3, -0.25) is 14.5 Å². The van der Waals surface area contributed by atoms with E-state index in [-0.39, 0.29) is 18.2 Å². The van der Waals surface area contributed by atoms with Gasteiger partial charge < -0.3 is 15.7 Å². The molecule has 2 aliphatic rings. The lowest BCUT2D eigenvalue weighted by atomic mass is 9.75. The van der Waals surface area contributed by atoms with Gasteiger partial charge in [0.05, 0.1) is 0 Å². The van der Waals surface area contributed by atoms with Gasteiger partial charge in [-0.2, -0.15) is 0 Å². The first-order chi connectivity index (χ1) is 12.2. The average molecular weight is 367 g/mol. The highest BCUT2D eigenvalue weighted by atomic mass is 16.4. The molecule has 1 saturated heterocycles. The largest absolute Gasteiger partial charge is 0.480 e. The quantitative estimate of drug-likeness (QED) is 0.590. The number of hydrogen-bond acceptors (Lipinski definition) is 4. The first-order valence-corrected chi connectivity index (χ1v) is 9.34. The maximum atomic E-state index is 12.8. The van der Waals surface area contributed by atoms with Crippen molar-refractivity contribution in [2.45, 2.75) is 70.9 Å². The molecule has 1 aliphatic heterocycles. The molecule has 0 unspecified atom stereocenters. The topological polar surface area (TPSA) is 116 Å². The van der Waals surface area contributed by atoms with E-state index in [1.807, 2.05) is 13.8 Å². The van der Waals surface area contributed by atoms with E-state index in [2.05, 4.69) is 17.6 Å². The molecule has 8 heteroatoms. The van der Waals surface area contributed by atoms with Gasteiger partial charge in [-0.15, -0.1) is 0 Å². The Morgan fingerprint density at radius 3 is 2.42 bits per heavy atom. The maximum absolute atomic E-state index is 12.8. The zero-order valence-electron chi connectivity index (χ0n) is 15.7. The lowest BCUT2D eigenvalue weighted by Gasteiger charge is -2.34. The third kappa shape index (κ3) is 4.34. The van der Waals surface area contributed by atoms with E-state index in [0.717, 1.165) is 24.2 Å². The van der Waals surface area contributed by atoms with Crippen LogP contribution in [0.15, 0.2) is 0 Å². The van der Waals surface area contributed by atoms with Gasteiger partial charge in [0, 0.05) is 0 Å². The fourth-order valence-electron chi connectivity index (χ4n) is 3.81. The summed E-state index contributed by atoms with van der Waals surface area (Å²) < 4.78 is 0. The number of amides is 4. The molecule has 2 fully saturated rings. The van der Waals surface area contributed by atoms with Gasteiger partial charge in [0.15, 0.2) is 0 Å². The molecule has 4 amide bonds. The number of carboxylic acid groups (broad SMARTS) is 1. The minimum atomic E-state index is -1.13. The summed E-state index contributed by atoms with van der Waals surface area (Å²) in [6, 6.07) is -1.60. The predicted molar refractivity (Wildman–Crippen MR) is 94.2 cm³/mol. The van der Waals surface area contributed by atoms with Gasteiger partial charge >= 0.3 is 12.0 Å². The summed E-state index contributed by atoms with van der Waals surface area (Å²) in [4.78, 5) is 49.4. The lowest BCUT2D eigenvalue weighted by molar-refractivity contribution is -0.142. The first kappa shape index (κ1) is 20.2. The molecule has 0 aromatic carbocycles. The molecule has 2 rings (SSSR count). The number of nitrogens with one attached hydrogen (secondary N) is 2. The molecule has 1 spiro atoms. The summed E-state index contributed by atoms with van der Waals surface area (Å²) in [5, 5.41) is 14.4. The van der Waals surface area contributed by atoms with Crippen LogP contribution in [0.3, 0.4) is 0 Å². The second-order valence-corrected chi connectivity index (χ2v) is 7.84. The highest BCUT2D eigenvalue weighted by Crippen LogP contribution is 2.37. The summed E-state index contributed by atoms with van der Waals surface area (Å²) in [5.74, 6) is -1.48. The molecule has 0 aromatic heterocycles. The van der Waals surface area contributed by atoms with E-state index < -0.39 is 36.0 Å². The Balaban J connectivity index is 1.99. The Kier molecular flexibility index (Phi) is 6.26. The van der Waals surface area contributed by atoms with Crippen molar-refractivity contribution in [3.05, 3.63) is 0 Å². The van der Waals surface area contributed by atoms with Gasteiger partial charge in [0.25, 0.3) is 5.91 Å². The van der Waals surface area contributed by atoms with Crippen molar-refractivity contribution in [1.29, 1.82) is 0 Å².